The van der Waals surface area contributed by atoms with Crippen LogP contribution in [0.3, 0.4) is 0 Å². The van der Waals surface area contributed by atoms with E-state index in [9.17, 15) is 9.18 Å². The van der Waals surface area contributed by atoms with Gasteiger partial charge in [0.15, 0.2) is 0 Å². The van der Waals surface area contributed by atoms with E-state index in [1.807, 2.05) is 20.8 Å². The highest BCUT2D eigenvalue weighted by Crippen LogP contribution is 2.35. The molecule has 3 nitrogen and oxygen atoms in total. The molecule has 120 valence electrons. The first-order valence-electron chi connectivity index (χ1n) is 6.98. The average Bonchev–Trinajstić information content (AvgIpc) is 2.78. The zero-order valence-corrected chi connectivity index (χ0v) is 15.1. The van der Waals surface area contributed by atoms with Gasteiger partial charge in [0, 0.05) is 9.77 Å². The molecule has 0 aliphatic carbocycles. The van der Waals surface area contributed by atoms with Crippen LogP contribution in [0.15, 0.2) is 27.9 Å². The molecule has 0 spiro atoms. The molecule has 0 aliphatic rings. The van der Waals surface area contributed by atoms with Crippen LogP contribution in [-0.2, 0) is 0 Å². The fraction of sp³-hybridized carbons (Fsp3) is 0.250. The third kappa shape index (κ3) is 3.16. The molecule has 1 atom stereocenters. The van der Waals surface area contributed by atoms with E-state index in [0.29, 0.717) is 11.2 Å². The van der Waals surface area contributed by atoms with Crippen LogP contribution in [-0.4, -0.2) is 9.97 Å². The second-order valence-electron chi connectivity index (χ2n) is 5.25. The number of hydrogen-bond acceptors (Lipinski definition) is 4. The largest absolute Gasteiger partial charge is 0.309 e. The van der Waals surface area contributed by atoms with Gasteiger partial charge in [0.2, 0.25) is 0 Å². The van der Waals surface area contributed by atoms with E-state index in [1.54, 1.807) is 12.1 Å². The standard InChI is InChI=1S/C16H14ClFN2OS2/c1-7-8(2)23-16-13(7)15(21)19-14(20-16)9(3)22-10-4-5-12(18)11(17)6-10/h4-6,9H,1-3H3,(H,19,20,21). The number of nitrogens with zero attached hydrogens (tertiary/aromatic N) is 1. The Kier molecular flexibility index (Phi) is 4.49. The maximum atomic E-state index is 13.2. The molecule has 0 amide bonds. The highest BCUT2D eigenvalue weighted by molar-refractivity contribution is 7.99. The Morgan fingerprint density at radius 1 is 1.39 bits per heavy atom. The summed E-state index contributed by atoms with van der Waals surface area (Å²) in [7, 11) is 0. The molecule has 0 radical (unpaired) electrons. The maximum absolute atomic E-state index is 13.2. The number of aromatic amines is 1. The molecule has 23 heavy (non-hydrogen) atoms. The molecular weight excluding hydrogens is 355 g/mol. The highest BCUT2D eigenvalue weighted by Gasteiger charge is 2.16. The second-order valence-corrected chi connectivity index (χ2v) is 8.28. The number of aromatic nitrogens is 2. The normalized spacial score (nSPS) is 12.7. The molecule has 1 N–H and O–H groups in total. The fourth-order valence-electron chi connectivity index (χ4n) is 2.27. The van der Waals surface area contributed by atoms with Crippen LogP contribution in [0.2, 0.25) is 5.02 Å². The summed E-state index contributed by atoms with van der Waals surface area (Å²) >= 11 is 8.80. The van der Waals surface area contributed by atoms with Crippen molar-refractivity contribution in [3.05, 3.63) is 55.7 Å². The van der Waals surface area contributed by atoms with Gasteiger partial charge in [-0.3, -0.25) is 4.79 Å². The molecule has 0 saturated carbocycles. The third-order valence-electron chi connectivity index (χ3n) is 3.65. The van der Waals surface area contributed by atoms with Gasteiger partial charge in [0.05, 0.1) is 15.7 Å². The number of thiophene rings is 1. The summed E-state index contributed by atoms with van der Waals surface area (Å²) in [6.07, 6.45) is 0. The van der Waals surface area contributed by atoms with Gasteiger partial charge in [0.25, 0.3) is 5.56 Å². The van der Waals surface area contributed by atoms with Crippen molar-refractivity contribution in [3.8, 4) is 0 Å². The van der Waals surface area contributed by atoms with Crippen LogP contribution in [0, 0.1) is 19.7 Å². The number of fused-ring (bicyclic) bond motifs is 1. The fourth-order valence-corrected chi connectivity index (χ4v) is 4.52. The number of aryl methyl sites for hydroxylation is 2. The predicted octanol–water partition coefficient (Wildman–Crippen LogP) is 5.25. The molecule has 3 rings (SSSR count). The monoisotopic (exact) mass is 368 g/mol. The number of thioether (sulfide) groups is 1. The SMILES string of the molecule is Cc1sc2nc(C(C)Sc3ccc(F)c(Cl)c3)[nH]c(=O)c2c1C. The molecule has 2 aromatic heterocycles. The Morgan fingerprint density at radius 2 is 2.13 bits per heavy atom. The van der Waals surface area contributed by atoms with Crippen molar-refractivity contribution >= 4 is 44.9 Å². The molecule has 7 heteroatoms. The first-order valence-corrected chi connectivity index (χ1v) is 9.06. The smallest absolute Gasteiger partial charge is 0.259 e. The summed E-state index contributed by atoms with van der Waals surface area (Å²) in [6.45, 7) is 5.86. The molecule has 2 heterocycles. The lowest BCUT2D eigenvalue weighted by Gasteiger charge is -2.11. The highest BCUT2D eigenvalue weighted by atomic mass is 35.5. The molecular formula is C16H14ClFN2OS2. The van der Waals surface area contributed by atoms with Gasteiger partial charge in [0.1, 0.15) is 16.5 Å². The Hall–Kier alpha value is -1.37. The zero-order valence-electron chi connectivity index (χ0n) is 12.7. The van der Waals surface area contributed by atoms with Crippen LogP contribution in [0.4, 0.5) is 4.39 Å². The minimum absolute atomic E-state index is 0.0867. The summed E-state index contributed by atoms with van der Waals surface area (Å²) in [5.74, 6) is 0.162. The molecule has 1 aromatic carbocycles. The lowest BCUT2D eigenvalue weighted by atomic mass is 10.2. The summed E-state index contributed by atoms with van der Waals surface area (Å²) in [5, 5.41) is 0.665. The van der Waals surface area contributed by atoms with Gasteiger partial charge in [-0.2, -0.15) is 0 Å². The molecule has 3 aromatic rings. The first-order chi connectivity index (χ1) is 10.9. The van der Waals surface area contributed by atoms with Gasteiger partial charge in [-0.15, -0.1) is 23.1 Å². The quantitative estimate of drug-likeness (QED) is 0.642. The minimum Gasteiger partial charge on any atom is -0.309 e. The van der Waals surface area contributed by atoms with Gasteiger partial charge < -0.3 is 4.98 Å². The number of rotatable bonds is 3. The molecule has 1 unspecified atom stereocenters. The lowest BCUT2D eigenvalue weighted by Crippen LogP contribution is -2.12. The van der Waals surface area contributed by atoms with Crippen molar-refractivity contribution in [3.63, 3.8) is 0 Å². The van der Waals surface area contributed by atoms with Gasteiger partial charge in [-0.1, -0.05) is 11.6 Å². The number of hydrogen-bond donors (Lipinski definition) is 1. The van der Waals surface area contributed by atoms with E-state index in [0.717, 1.165) is 20.2 Å². The van der Waals surface area contributed by atoms with Crippen LogP contribution in [0.1, 0.15) is 28.4 Å². The summed E-state index contributed by atoms with van der Waals surface area (Å²) in [4.78, 5) is 22.4. The average molecular weight is 369 g/mol. The molecule has 0 aliphatic heterocycles. The van der Waals surface area contributed by atoms with E-state index in [1.165, 1.54) is 29.2 Å². The van der Waals surface area contributed by atoms with Crippen molar-refractivity contribution in [1.82, 2.24) is 9.97 Å². The van der Waals surface area contributed by atoms with Crippen LogP contribution in [0.25, 0.3) is 10.2 Å². The van der Waals surface area contributed by atoms with E-state index in [-0.39, 0.29) is 15.8 Å². The minimum atomic E-state index is -0.443. The molecule has 0 saturated heterocycles. The maximum Gasteiger partial charge on any atom is 0.259 e. The second kappa shape index (κ2) is 6.26. The number of benzene rings is 1. The molecule has 0 fully saturated rings. The Bertz CT molecular complexity index is 951. The van der Waals surface area contributed by atoms with Crippen molar-refractivity contribution in [2.75, 3.05) is 0 Å². The number of H-pyrrole nitrogens is 1. The zero-order chi connectivity index (χ0) is 16.7. The van der Waals surface area contributed by atoms with E-state index < -0.39 is 5.82 Å². The van der Waals surface area contributed by atoms with Gasteiger partial charge in [-0.05, 0) is 44.5 Å². The predicted molar refractivity (Wildman–Crippen MR) is 95.4 cm³/mol. The summed E-state index contributed by atoms with van der Waals surface area (Å²) in [5.41, 5.74) is 0.868. The van der Waals surface area contributed by atoms with Crippen molar-refractivity contribution in [1.29, 1.82) is 0 Å². The number of halogens is 2. The van der Waals surface area contributed by atoms with Crippen LogP contribution < -0.4 is 5.56 Å². The van der Waals surface area contributed by atoms with E-state index in [4.69, 9.17) is 11.6 Å². The third-order valence-corrected chi connectivity index (χ3v) is 6.14. The van der Waals surface area contributed by atoms with Gasteiger partial charge >= 0.3 is 0 Å². The summed E-state index contributed by atoms with van der Waals surface area (Å²) in [6, 6.07) is 4.58. The van der Waals surface area contributed by atoms with Crippen molar-refractivity contribution < 1.29 is 4.39 Å². The van der Waals surface area contributed by atoms with Crippen LogP contribution >= 0.6 is 34.7 Å². The Balaban J connectivity index is 1.96. The van der Waals surface area contributed by atoms with Crippen molar-refractivity contribution in [2.45, 2.75) is 30.9 Å². The van der Waals surface area contributed by atoms with Crippen LogP contribution in [0.5, 0.6) is 0 Å². The number of nitrogens with one attached hydrogen (secondary N) is 1. The topological polar surface area (TPSA) is 45.8 Å². The van der Waals surface area contributed by atoms with E-state index >= 15 is 0 Å². The van der Waals surface area contributed by atoms with Gasteiger partial charge in [-0.25, -0.2) is 9.37 Å². The molecule has 0 bridgehead atoms. The van der Waals surface area contributed by atoms with Crippen molar-refractivity contribution in [2.24, 2.45) is 0 Å². The summed E-state index contributed by atoms with van der Waals surface area (Å²) < 4.78 is 13.2. The Labute approximate surface area is 145 Å². The Morgan fingerprint density at radius 3 is 2.83 bits per heavy atom. The van der Waals surface area contributed by atoms with E-state index in [2.05, 4.69) is 9.97 Å². The first kappa shape index (κ1) is 16.5. The lowest BCUT2D eigenvalue weighted by molar-refractivity contribution is 0.627.